The van der Waals surface area contributed by atoms with Gasteiger partial charge in [-0.05, 0) is 27.2 Å². The summed E-state index contributed by atoms with van der Waals surface area (Å²) in [6.45, 7) is 10.3. The molecule has 0 saturated carbocycles. The highest BCUT2D eigenvalue weighted by molar-refractivity contribution is 5.44. The molecule has 0 bridgehead atoms. The van der Waals surface area contributed by atoms with Crippen LogP contribution in [-0.2, 0) is 4.74 Å². The Labute approximate surface area is 130 Å². The summed E-state index contributed by atoms with van der Waals surface area (Å²) < 4.78 is 7.50. The van der Waals surface area contributed by atoms with Crippen LogP contribution in [-0.4, -0.2) is 62.9 Å². The van der Waals surface area contributed by atoms with Crippen LogP contribution in [0.1, 0.15) is 26.0 Å². The lowest BCUT2D eigenvalue weighted by Gasteiger charge is -2.35. The fraction of sp³-hybridized carbons (Fsp3) is 0.667. The quantitative estimate of drug-likeness (QED) is 0.841. The van der Waals surface area contributed by atoms with Crippen molar-refractivity contribution < 1.29 is 4.74 Å². The van der Waals surface area contributed by atoms with E-state index >= 15 is 0 Å². The van der Waals surface area contributed by atoms with Crippen molar-refractivity contribution in [2.75, 3.05) is 31.5 Å². The number of anilines is 1. The van der Waals surface area contributed by atoms with E-state index in [1.54, 1.807) is 4.52 Å². The van der Waals surface area contributed by atoms with Crippen molar-refractivity contribution in [3.05, 3.63) is 18.1 Å². The van der Waals surface area contributed by atoms with Gasteiger partial charge in [-0.2, -0.15) is 14.6 Å². The molecule has 0 unspecified atom stereocenters. The van der Waals surface area contributed by atoms with Gasteiger partial charge < -0.3 is 10.1 Å². The molecule has 0 aliphatic carbocycles. The molecule has 1 aliphatic heterocycles. The van der Waals surface area contributed by atoms with Crippen LogP contribution in [0.3, 0.4) is 0 Å². The molecule has 22 heavy (non-hydrogen) atoms. The van der Waals surface area contributed by atoms with Gasteiger partial charge in [0, 0.05) is 37.9 Å². The summed E-state index contributed by atoms with van der Waals surface area (Å²) in [6.07, 6.45) is 3.27. The standard InChI is InChI=1S/C15H24N6O/c1-11-7-14(21-15(19-11)17-10-18-21)16-5-4-6-20-8-12(2)22-13(3)9-20/h7,10,12-13,16H,4-6,8-9H2,1-3H3/t12-,13-/m0/s1. The Hall–Kier alpha value is -1.73. The van der Waals surface area contributed by atoms with Crippen LogP contribution >= 0.6 is 0 Å². The Morgan fingerprint density at radius 3 is 2.86 bits per heavy atom. The number of fused-ring (bicyclic) bond motifs is 1. The topological polar surface area (TPSA) is 67.6 Å². The maximum atomic E-state index is 5.76. The normalized spacial score (nSPS) is 23.0. The van der Waals surface area contributed by atoms with E-state index in [-0.39, 0.29) is 0 Å². The molecule has 0 spiro atoms. The van der Waals surface area contributed by atoms with Gasteiger partial charge in [-0.25, -0.2) is 4.98 Å². The molecular weight excluding hydrogens is 280 g/mol. The Balaban J connectivity index is 1.51. The number of ether oxygens (including phenoxy) is 1. The van der Waals surface area contributed by atoms with Crippen molar-refractivity contribution in [1.82, 2.24) is 24.5 Å². The number of morpholine rings is 1. The molecule has 2 atom stereocenters. The predicted molar refractivity (Wildman–Crippen MR) is 85.1 cm³/mol. The van der Waals surface area contributed by atoms with Crippen LogP contribution in [0.15, 0.2) is 12.4 Å². The van der Waals surface area contributed by atoms with Crippen molar-refractivity contribution in [2.24, 2.45) is 0 Å². The molecule has 1 N–H and O–H groups in total. The van der Waals surface area contributed by atoms with Crippen LogP contribution in [0.4, 0.5) is 5.82 Å². The fourth-order valence-corrected chi connectivity index (χ4v) is 3.04. The van der Waals surface area contributed by atoms with Gasteiger partial charge in [0.15, 0.2) is 0 Å². The fourth-order valence-electron chi connectivity index (χ4n) is 3.04. The molecule has 3 rings (SSSR count). The number of nitrogens with one attached hydrogen (secondary N) is 1. The maximum absolute atomic E-state index is 5.76. The number of nitrogens with zero attached hydrogens (tertiary/aromatic N) is 5. The minimum Gasteiger partial charge on any atom is -0.373 e. The summed E-state index contributed by atoms with van der Waals surface area (Å²) in [5.41, 5.74) is 0.943. The lowest BCUT2D eigenvalue weighted by atomic mass is 10.2. The van der Waals surface area contributed by atoms with Gasteiger partial charge in [0.1, 0.15) is 12.1 Å². The molecule has 0 radical (unpaired) electrons. The third-order valence-electron chi connectivity index (χ3n) is 3.83. The van der Waals surface area contributed by atoms with Gasteiger partial charge in [0.2, 0.25) is 0 Å². The summed E-state index contributed by atoms with van der Waals surface area (Å²) in [6, 6.07) is 2.00. The van der Waals surface area contributed by atoms with Gasteiger partial charge in [-0.3, -0.25) is 4.90 Å². The molecule has 1 fully saturated rings. The van der Waals surface area contributed by atoms with Gasteiger partial charge >= 0.3 is 0 Å². The van der Waals surface area contributed by atoms with Gasteiger partial charge in [-0.1, -0.05) is 0 Å². The molecule has 0 aromatic carbocycles. The first-order chi connectivity index (χ1) is 10.6. The summed E-state index contributed by atoms with van der Waals surface area (Å²) in [4.78, 5) is 11.0. The lowest BCUT2D eigenvalue weighted by Crippen LogP contribution is -2.45. The Kier molecular flexibility index (Phi) is 4.54. The van der Waals surface area contributed by atoms with Crippen LogP contribution in [0.25, 0.3) is 5.78 Å². The number of hydrogen-bond acceptors (Lipinski definition) is 6. The average Bonchev–Trinajstić information content (AvgIpc) is 2.90. The minimum absolute atomic E-state index is 0.328. The summed E-state index contributed by atoms with van der Waals surface area (Å²) >= 11 is 0. The molecule has 2 aromatic rings. The molecule has 120 valence electrons. The largest absolute Gasteiger partial charge is 0.373 e. The lowest BCUT2D eigenvalue weighted by molar-refractivity contribution is -0.0678. The van der Waals surface area contributed by atoms with Gasteiger partial charge in [-0.15, -0.1) is 0 Å². The maximum Gasteiger partial charge on any atom is 0.254 e. The van der Waals surface area contributed by atoms with Crippen molar-refractivity contribution in [1.29, 1.82) is 0 Å². The minimum atomic E-state index is 0.328. The van der Waals surface area contributed by atoms with E-state index in [0.717, 1.165) is 44.1 Å². The molecule has 1 saturated heterocycles. The molecule has 3 heterocycles. The van der Waals surface area contributed by atoms with E-state index in [1.165, 1.54) is 6.33 Å². The SMILES string of the molecule is Cc1cc(NCCCN2C[C@H](C)O[C@@H](C)C2)n2ncnc2n1. The van der Waals surface area contributed by atoms with Crippen LogP contribution in [0.2, 0.25) is 0 Å². The Bertz CT molecular complexity index is 618. The van der Waals surface area contributed by atoms with E-state index in [0.29, 0.717) is 18.0 Å². The monoisotopic (exact) mass is 304 g/mol. The summed E-state index contributed by atoms with van der Waals surface area (Å²) in [7, 11) is 0. The van der Waals surface area contributed by atoms with Crippen LogP contribution in [0, 0.1) is 6.92 Å². The first-order valence-electron chi connectivity index (χ1n) is 7.91. The van der Waals surface area contributed by atoms with E-state index in [4.69, 9.17) is 4.74 Å². The number of rotatable bonds is 5. The zero-order chi connectivity index (χ0) is 15.5. The predicted octanol–water partition coefficient (Wildman–Crippen LogP) is 1.34. The average molecular weight is 304 g/mol. The van der Waals surface area contributed by atoms with Crippen LogP contribution < -0.4 is 5.32 Å². The molecule has 0 amide bonds. The van der Waals surface area contributed by atoms with Crippen molar-refractivity contribution in [3.63, 3.8) is 0 Å². The molecular formula is C15H24N6O. The second kappa shape index (κ2) is 6.58. The second-order valence-electron chi connectivity index (χ2n) is 6.05. The number of aryl methyl sites for hydroxylation is 1. The first kappa shape index (κ1) is 15.2. The summed E-state index contributed by atoms with van der Waals surface area (Å²) in [5.74, 6) is 1.59. The summed E-state index contributed by atoms with van der Waals surface area (Å²) in [5, 5.41) is 7.64. The van der Waals surface area contributed by atoms with Gasteiger partial charge in [0.25, 0.3) is 5.78 Å². The first-order valence-corrected chi connectivity index (χ1v) is 7.91. The third-order valence-corrected chi connectivity index (χ3v) is 3.83. The Morgan fingerprint density at radius 2 is 2.09 bits per heavy atom. The zero-order valence-electron chi connectivity index (χ0n) is 13.5. The highest BCUT2D eigenvalue weighted by atomic mass is 16.5. The van der Waals surface area contributed by atoms with E-state index in [9.17, 15) is 0 Å². The highest BCUT2D eigenvalue weighted by Gasteiger charge is 2.21. The van der Waals surface area contributed by atoms with Crippen molar-refractivity contribution in [2.45, 2.75) is 39.4 Å². The molecule has 7 heteroatoms. The molecule has 7 nitrogen and oxygen atoms in total. The number of aromatic nitrogens is 4. The Morgan fingerprint density at radius 1 is 1.32 bits per heavy atom. The smallest absolute Gasteiger partial charge is 0.254 e. The van der Waals surface area contributed by atoms with E-state index < -0.39 is 0 Å². The highest BCUT2D eigenvalue weighted by Crippen LogP contribution is 2.12. The van der Waals surface area contributed by atoms with E-state index in [2.05, 4.69) is 39.1 Å². The second-order valence-corrected chi connectivity index (χ2v) is 6.05. The van der Waals surface area contributed by atoms with Crippen LogP contribution in [0.5, 0.6) is 0 Å². The van der Waals surface area contributed by atoms with Crippen molar-refractivity contribution in [3.8, 4) is 0 Å². The van der Waals surface area contributed by atoms with E-state index in [1.807, 2.05) is 13.0 Å². The number of hydrogen-bond donors (Lipinski definition) is 1. The zero-order valence-corrected chi connectivity index (χ0v) is 13.5. The molecule has 2 aromatic heterocycles. The van der Waals surface area contributed by atoms with Gasteiger partial charge in [0.05, 0.1) is 12.2 Å². The third kappa shape index (κ3) is 3.53. The molecule has 1 aliphatic rings. The van der Waals surface area contributed by atoms with Crippen molar-refractivity contribution >= 4 is 11.6 Å².